The number of nitrogens with zero attached hydrogens (tertiary/aromatic N) is 2. The van der Waals surface area contributed by atoms with Gasteiger partial charge in [0.1, 0.15) is 0 Å². The lowest BCUT2D eigenvalue weighted by molar-refractivity contribution is -0.174. The van der Waals surface area contributed by atoms with Crippen LogP contribution in [0.15, 0.2) is 17.3 Å². The fourth-order valence-electron chi connectivity index (χ4n) is 5.44. The fraction of sp³-hybridized carbons (Fsp3) is 0.680. The van der Waals surface area contributed by atoms with E-state index in [2.05, 4.69) is 4.99 Å². The number of rotatable bonds is 5. The van der Waals surface area contributed by atoms with Crippen molar-refractivity contribution in [3.05, 3.63) is 23.5 Å². The lowest BCUT2D eigenvalue weighted by Gasteiger charge is -2.38. The number of aliphatic imine (C=N–C) groups is 1. The number of carbonyl (C=O) groups is 3. The molecule has 3 unspecified atom stereocenters. The normalized spacial score (nSPS) is 23.2. The quantitative estimate of drug-likeness (QED) is 0.291. The molecule has 0 saturated carbocycles. The molecule has 1 N–H and O–H groups in total. The number of halogens is 6. The molecule has 1 amide bonds. The Morgan fingerprint density at radius 1 is 1.03 bits per heavy atom. The molecule has 208 valence electrons. The largest absolute Gasteiger partial charge is 0.471 e. The summed E-state index contributed by atoms with van der Waals surface area (Å²) in [4.78, 5) is 40.1. The smallest absolute Gasteiger partial charge is 0.348 e. The number of hydrogen-bond donors (Lipinski definition) is 1. The molecule has 1 aliphatic heterocycles. The van der Waals surface area contributed by atoms with Crippen LogP contribution in [0.25, 0.3) is 0 Å². The lowest BCUT2D eigenvalue weighted by atomic mass is 9.69. The Balaban J connectivity index is 2.81. The number of aromatic nitrogens is 1. The third-order valence-corrected chi connectivity index (χ3v) is 6.57. The first-order chi connectivity index (χ1) is 16.5. The number of alkyl halides is 6. The van der Waals surface area contributed by atoms with Crippen LogP contribution < -0.4 is 5.32 Å². The molecule has 12 heteroatoms. The van der Waals surface area contributed by atoms with Crippen LogP contribution in [0.1, 0.15) is 83.4 Å². The maximum absolute atomic E-state index is 13.2. The Morgan fingerprint density at radius 2 is 1.59 bits per heavy atom. The van der Waals surface area contributed by atoms with E-state index >= 15 is 0 Å². The number of fused-ring (bicyclic) bond motifs is 1. The standard InChI is InChI=1S/C25H33F6N3O3/c1-13(33-21(37)25(29,30)31)17-9-22(4,5)11-23(6,7)12-34-10-16(15(3)35)8-18(34)19(17)32-14(2)20(36)24(26,27)28/h8,10,13,17,19H,9,11-12H2,1-7H3,(H,33,37). The second kappa shape index (κ2) is 10.2. The van der Waals surface area contributed by atoms with Crippen molar-refractivity contribution in [1.82, 2.24) is 9.88 Å². The molecule has 3 atom stereocenters. The number of carbonyl (C=O) groups excluding carboxylic acids is 3. The minimum Gasteiger partial charge on any atom is -0.348 e. The average Bonchev–Trinajstić information content (AvgIpc) is 3.10. The van der Waals surface area contributed by atoms with E-state index in [0.29, 0.717) is 13.0 Å². The van der Waals surface area contributed by atoms with Gasteiger partial charge in [0.2, 0.25) is 0 Å². The molecule has 2 rings (SSSR count). The first-order valence-electron chi connectivity index (χ1n) is 11.8. The Labute approximate surface area is 211 Å². The van der Waals surface area contributed by atoms with Crippen molar-refractivity contribution in [2.45, 2.75) is 92.3 Å². The molecule has 0 fully saturated rings. The zero-order valence-corrected chi connectivity index (χ0v) is 21.9. The van der Waals surface area contributed by atoms with E-state index in [1.54, 1.807) is 4.57 Å². The molecule has 0 spiro atoms. The molecule has 0 aliphatic carbocycles. The first kappa shape index (κ1) is 30.6. The van der Waals surface area contributed by atoms with Gasteiger partial charge in [0.05, 0.1) is 11.8 Å². The maximum Gasteiger partial charge on any atom is 0.471 e. The van der Waals surface area contributed by atoms with E-state index < -0.39 is 53.2 Å². The van der Waals surface area contributed by atoms with Crippen molar-refractivity contribution in [1.29, 1.82) is 0 Å². The maximum atomic E-state index is 13.2. The lowest BCUT2D eigenvalue weighted by Crippen LogP contribution is -2.47. The van der Waals surface area contributed by atoms with Crippen LogP contribution in [-0.2, 0) is 16.1 Å². The van der Waals surface area contributed by atoms with E-state index in [1.807, 2.05) is 33.0 Å². The molecule has 1 aromatic heterocycles. The van der Waals surface area contributed by atoms with Gasteiger partial charge < -0.3 is 9.88 Å². The third-order valence-electron chi connectivity index (χ3n) is 6.57. The fourth-order valence-corrected chi connectivity index (χ4v) is 5.44. The molecule has 1 aromatic rings. The zero-order valence-electron chi connectivity index (χ0n) is 21.9. The highest BCUT2D eigenvalue weighted by Gasteiger charge is 2.45. The van der Waals surface area contributed by atoms with Gasteiger partial charge in [-0.05, 0) is 50.5 Å². The van der Waals surface area contributed by atoms with Crippen molar-refractivity contribution in [2.75, 3.05) is 0 Å². The molecule has 1 aliphatic rings. The molecule has 0 saturated heterocycles. The summed E-state index contributed by atoms with van der Waals surface area (Å²) < 4.78 is 80.4. The Morgan fingerprint density at radius 3 is 2.08 bits per heavy atom. The van der Waals surface area contributed by atoms with Gasteiger partial charge in [-0.25, -0.2) is 0 Å². The van der Waals surface area contributed by atoms with Gasteiger partial charge >= 0.3 is 18.3 Å². The number of amides is 1. The molecule has 0 aromatic carbocycles. The van der Waals surface area contributed by atoms with E-state index in [0.717, 1.165) is 6.92 Å². The van der Waals surface area contributed by atoms with Crippen molar-refractivity contribution < 1.29 is 40.7 Å². The minimum atomic E-state index is -5.20. The number of hydrogen-bond acceptors (Lipinski definition) is 4. The molecule has 37 heavy (non-hydrogen) atoms. The summed E-state index contributed by atoms with van der Waals surface area (Å²) in [5.74, 6) is -5.64. The predicted octanol–water partition coefficient (Wildman–Crippen LogP) is 5.85. The van der Waals surface area contributed by atoms with Crippen molar-refractivity contribution in [3.8, 4) is 0 Å². The van der Waals surface area contributed by atoms with Gasteiger partial charge in [0.25, 0.3) is 5.78 Å². The minimum absolute atomic E-state index is 0.165. The van der Waals surface area contributed by atoms with Gasteiger partial charge in [0, 0.05) is 36.0 Å². The highest BCUT2D eigenvalue weighted by Crippen LogP contribution is 2.46. The van der Waals surface area contributed by atoms with Crippen molar-refractivity contribution >= 4 is 23.2 Å². The number of Topliss-reactive ketones (excluding diaryl/α,β-unsaturated/α-hetero) is 2. The van der Waals surface area contributed by atoms with Crippen LogP contribution >= 0.6 is 0 Å². The van der Waals surface area contributed by atoms with E-state index in [-0.39, 0.29) is 28.9 Å². The Bertz CT molecular complexity index is 1080. The molecule has 0 bridgehead atoms. The second-order valence-corrected chi connectivity index (χ2v) is 11.5. The van der Waals surface area contributed by atoms with E-state index in [4.69, 9.17) is 0 Å². The van der Waals surface area contributed by atoms with Gasteiger partial charge in [-0.2, -0.15) is 26.3 Å². The summed E-state index contributed by atoms with van der Waals surface area (Å²) in [6, 6.07) is -1.00. The van der Waals surface area contributed by atoms with Crippen LogP contribution in [-0.4, -0.2) is 46.1 Å². The van der Waals surface area contributed by atoms with Gasteiger partial charge in [-0.1, -0.05) is 27.7 Å². The Hall–Kier alpha value is -2.66. The highest BCUT2D eigenvalue weighted by molar-refractivity contribution is 6.41. The van der Waals surface area contributed by atoms with Crippen LogP contribution in [0.2, 0.25) is 0 Å². The SMILES string of the molecule is CC(=O)c1cc2n(c1)CC(C)(C)CC(C)(C)CC(C(C)NC(=O)C(F)(F)F)C2N=C(C)C(=O)C(F)(F)F. The second-order valence-electron chi connectivity index (χ2n) is 11.5. The monoisotopic (exact) mass is 537 g/mol. The van der Waals surface area contributed by atoms with Crippen LogP contribution in [0, 0.1) is 16.7 Å². The summed E-state index contributed by atoms with van der Waals surface area (Å²) >= 11 is 0. The zero-order chi connectivity index (χ0) is 28.7. The van der Waals surface area contributed by atoms with Crippen LogP contribution in [0.4, 0.5) is 26.3 Å². The van der Waals surface area contributed by atoms with Crippen molar-refractivity contribution in [3.63, 3.8) is 0 Å². The Kier molecular flexibility index (Phi) is 8.46. The molecule has 6 nitrogen and oxygen atoms in total. The van der Waals surface area contributed by atoms with Crippen molar-refractivity contribution in [2.24, 2.45) is 21.7 Å². The van der Waals surface area contributed by atoms with E-state index in [9.17, 15) is 40.7 Å². The summed E-state index contributed by atoms with van der Waals surface area (Å²) in [7, 11) is 0. The molecular weight excluding hydrogens is 504 g/mol. The summed E-state index contributed by atoms with van der Waals surface area (Å²) in [5, 5.41) is 1.92. The van der Waals surface area contributed by atoms with Crippen LogP contribution in [0.5, 0.6) is 0 Å². The predicted molar refractivity (Wildman–Crippen MR) is 125 cm³/mol. The van der Waals surface area contributed by atoms with E-state index in [1.165, 1.54) is 26.1 Å². The highest BCUT2D eigenvalue weighted by atomic mass is 19.4. The third kappa shape index (κ3) is 7.67. The van der Waals surface area contributed by atoms with Gasteiger partial charge in [-0.15, -0.1) is 0 Å². The summed E-state index contributed by atoms with van der Waals surface area (Å²) in [6.07, 6.45) is -8.10. The average molecular weight is 538 g/mol. The molecular formula is C25H33F6N3O3. The first-order valence-corrected chi connectivity index (χ1v) is 11.8. The van der Waals surface area contributed by atoms with Gasteiger partial charge in [0.15, 0.2) is 5.78 Å². The molecule has 0 radical (unpaired) electrons. The topological polar surface area (TPSA) is 80.5 Å². The number of nitrogens with one attached hydrogen (secondary N) is 1. The molecule has 2 heterocycles. The van der Waals surface area contributed by atoms with Gasteiger partial charge in [-0.3, -0.25) is 19.4 Å². The summed E-state index contributed by atoms with van der Waals surface area (Å²) in [6.45, 7) is 11.6. The summed E-state index contributed by atoms with van der Waals surface area (Å²) in [5.41, 5.74) is -1.26. The number of ketones is 2. The van der Waals surface area contributed by atoms with Crippen LogP contribution in [0.3, 0.4) is 0 Å².